The lowest BCUT2D eigenvalue weighted by Gasteiger charge is -2.09. The molecule has 0 spiro atoms. The van der Waals surface area contributed by atoms with Crippen LogP contribution in [0.3, 0.4) is 0 Å². The van der Waals surface area contributed by atoms with Crippen molar-refractivity contribution in [1.29, 1.82) is 0 Å². The number of halogens is 6. The van der Waals surface area contributed by atoms with Gasteiger partial charge in [0.2, 0.25) is 5.95 Å². The molecule has 1 aromatic carbocycles. The third-order valence-corrected chi connectivity index (χ3v) is 3.29. The van der Waals surface area contributed by atoms with Crippen LogP contribution in [0.4, 0.5) is 13.2 Å². The quantitative estimate of drug-likeness (QED) is 0.526. The molecular weight excluding hydrogens is 309 g/mol. The Bertz CT molecular complexity index is 631. The van der Waals surface area contributed by atoms with Gasteiger partial charge in [-0.05, 0) is 12.1 Å². The number of rotatable bonds is 1. The first-order valence-corrected chi connectivity index (χ1v) is 5.70. The Hall–Kier alpha value is -0.970. The van der Waals surface area contributed by atoms with E-state index >= 15 is 0 Å². The van der Waals surface area contributed by atoms with Gasteiger partial charge in [0.1, 0.15) is 5.69 Å². The Morgan fingerprint density at radius 3 is 2.17 bits per heavy atom. The molecule has 94 valence electrons. The van der Waals surface area contributed by atoms with E-state index in [4.69, 9.17) is 34.8 Å². The van der Waals surface area contributed by atoms with E-state index in [1.807, 2.05) is 0 Å². The topological polar surface area (TPSA) is 12.9 Å². The van der Waals surface area contributed by atoms with E-state index in [0.717, 1.165) is 0 Å². The van der Waals surface area contributed by atoms with Gasteiger partial charge in [0.05, 0.1) is 15.1 Å². The first kappa shape index (κ1) is 13.5. The predicted molar refractivity (Wildman–Crippen MR) is 64.6 cm³/mol. The van der Waals surface area contributed by atoms with Gasteiger partial charge in [0.15, 0.2) is 11.6 Å². The molecule has 0 radical (unpaired) electrons. The Morgan fingerprint density at radius 1 is 0.889 bits per heavy atom. The molecule has 0 N–H and O–H groups in total. The SMILES string of the molecule is Fc1cc(F)c(-c2c(Cl)ccc(Cl)c2Cl)nc1F. The van der Waals surface area contributed by atoms with Crippen LogP contribution >= 0.6 is 34.8 Å². The first-order chi connectivity index (χ1) is 8.41. The minimum Gasteiger partial charge on any atom is -0.214 e. The standard InChI is InChI=1S/C11H3Cl3F3N/c12-4-1-2-5(13)9(14)8(4)10-6(15)3-7(16)11(17)18-10/h1-3H. The van der Waals surface area contributed by atoms with E-state index in [0.29, 0.717) is 6.07 Å². The van der Waals surface area contributed by atoms with Crippen molar-refractivity contribution in [3.63, 3.8) is 0 Å². The molecule has 7 heteroatoms. The van der Waals surface area contributed by atoms with Gasteiger partial charge in [-0.3, -0.25) is 0 Å². The molecule has 0 saturated heterocycles. The molecule has 0 aliphatic heterocycles. The monoisotopic (exact) mass is 311 g/mol. The molecule has 18 heavy (non-hydrogen) atoms. The minimum absolute atomic E-state index is 0.0295. The summed E-state index contributed by atoms with van der Waals surface area (Å²) in [6, 6.07) is 3.12. The smallest absolute Gasteiger partial charge is 0.214 e. The number of hydrogen-bond donors (Lipinski definition) is 0. The summed E-state index contributed by atoms with van der Waals surface area (Å²) in [5.41, 5.74) is -0.575. The van der Waals surface area contributed by atoms with Crippen molar-refractivity contribution >= 4 is 34.8 Å². The number of aromatic nitrogens is 1. The Balaban J connectivity index is 2.77. The molecule has 0 unspecified atom stereocenters. The van der Waals surface area contributed by atoms with Crippen LogP contribution < -0.4 is 0 Å². The average Bonchev–Trinajstić information content (AvgIpc) is 2.31. The maximum Gasteiger partial charge on any atom is 0.249 e. The van der Waals surface area contributed by atoms with Crippen molar-refractivity contribution in [3.8, 4) is 11.3 Å². The largest absolute Gasteiger partial charge is 0.249 e. The Labute approximate surface area is 115 Å². The molecule has 0 saturated carbocycles. The minimum atomic E-state index is -1.45. The van der Waals surface area contributed by atoms with E-state index in [-0.39, 0.29) is 20.6 Å². The molecular formula is C11H3Cl3F3N. The summed E-state index contributed by atoms with van der Waals surface area (Å²) < 4.78 is 39.4. The van der Waals surface area contributed by atoms with Gasteiger partial charge in [0, 0.05) is 11.6 Å². The van der Waals surface area contributed by atoms with Crippen molar-refractivity contribution in [2.45, 2.75) is 0 Å². The second kappa shape index (κ2) is 4.96. The van der Waals surface area contributed by atoms with Crippen LogP contribution in [0.15, 0.2) is 18.2 Å². The lowest BCUT2D eigenvalue weighted by atomic mass is 10.1. The van der Waals surface area contributed by atoms with Crippen LogP contribution in [0.2, 0.25) is 15.1 Å². The third kappa shape index (κ3) is 2.28. The Kier molecular flexibility index (Phi) is 3.71. The van der Waals surface area contributed by atoms with Gasteiger partial charge in [0.25, 0.3) is 0 Å². The number of hydrogen-bond acceptors (Lipinski definition) is 1. The summed E-state index contributed by atoms with van der Waals surface area (Å²) in [6.07, 6.45) is 0. The van der Waals surface area contributed by atoms with Crippen LogP contribution in [0.1, 0.15) is 0 Å². The van der Waals surface area contributed by atoms with E-state index < -0.39 is 23.3 Å². The molecule has 1 heterocycles. The molecule has 1 nitrogen and oxygen atoms in total. The molecule has 0 bridgehead atoms. The van der Waals surface area contributed by atoms with Crippen molar-refractivity contribution in [1.82, 2.24) is 4.98 Å². The molecule has 2 aromatic rings. The van der Waals surface area contributed by atoms with Crippen LogP contribution in [-0.2, 0) is 0 Å². The lowest BCUT2D eigenvalue weighted by molar-refractivity contribution is 0.466. The molecule has 0 amide bonds. The zero-order valence-corrected chi connectivity index (χ0v) is 10.7. The summed E-state index contributed by atoms with van der Waals surface area (Å²) in [5, 5.41) is 0.0467. The van der Waals surface area contributed by atoms with Crippen molar-refractivity contribution in [2.24, 2.45) is 0 Å². The van der Waals surface area contributed by atoms with E-state index in [9.17, 15) is 13.2 Å². The fourth-order valence-corrected chi connectivity index (χ4v) is 2.07. The number of pyridine rings is 1. The third-order valence-electron chi connectivity index (χ3n) is 2.17. The summed E-state index contributed by atoms with van der Waals surface area (Å²) >= 11 is 17.4. The van der Waals surface area contributed by atoms with Gasteiger partial charge in [-0.2, -0.15) is 4.39 Å². The number of benzene rings is 1. The molecule has 0 aliphatic rings. The van der Waals surface area contributed by atoms with E-state index in [2.05, 4.69) is 4.98 Å². The maximum absolute atomic E-state index is 13.6. The van der Waals surface area contributed by atoms with Crippen LogP contribution in [0.25, 0.3) is 11.3 Å². The van der Waals surface area contributed by atoms with Gasteiger partial charge >= 0.3 is 0 Å². The summed E-state index contributed by atoms with van der Waals surface area (Å²) in [5.74, 6) is -3.93. The molecule has 0 fully saturated rings. The molecule has 0 aliphatic carbocycles. The molecule has 2 rings (SSSR count). The Morgan fingerprint density at radius 2 is 1.50 bits per heavy atom. The van der Waals surface area contributed by atoms with Crippen LogP contribution in [0, 0.1) is 17.6 Å². The summed E-state index contributed by atoms with van der Waals surface area (Å²) in [6.45, 7) is 0. The zero-order chi connectivity index (χ0) is 13.4. The fourth-order valence-electron chi connectivity index (χ4n) is 1.36. The van der Waals surface area contributed by atoms with Crippen molar-refractivity contribution in [3.05, 3.63) is 50.8 Å². The maximum atomic E-state index is 13.6. The molecule has 0 atom stereocenters. The fraction of sp³-hybridized carbons (Fsp3) is 0. The molecule has 1 aromatic heterocycles. The van der Waals surface area contributed by atoms with Crippen LogP contribution in [-0.4, -0.2) is 4.98 Å². The zero-order valence-electron chi connectivity index (χ0n) is 8.45. The lowest BCUT2D eigenvalue weighted by Crippen LogP contribution is -1.98. The highest BCUT2D eigenvalue weighted by molar-refractivity contribution is 6.46. The second-order valence-electron chi connectivity index (χ2n) is 3.31. The van der Waals surface area contributed by atoms with Crippen LogP contribution in [0.5, 0.6) is 0 Å². The van der Waals surface area contributed by atoms with Gasteiger partial charge < -0.3 is 0 Å². The normalized spacial score (nSPS) is 10.8. The van der Waals surface area contributed by atoms with E-state index in [1.165, 1.54) is 12.1 Å². The van der Waals surface area contributed by atoms with E-state index in [1.54, 1.807) is 0 Å². The first-order valence-electron chi connectivity index (χ1n) is 4.57. The summed E-state index contributed by atoms with van der Waals surface area (Å²) in [7, 11) is 0. The van der Waals surface area contributed by atoms with Gasteiger partial charge in [-0.1, -0.05) is 34.8 Å². The highest BCUT2D eigenvalue weighted by Crippen LogP contribution is 2.39. The summed E-state index contributed by atoms with van der Waals surface area (Å²) in [4.78, 5) is 3.16. The second-order valence-corrected chi connectivity index (χ2v) is 4.50. The number of nitrogens with zero attached hydrogens (tertiary/aromatic N) is 1. The van der Waals surface area contributed by atoms with Gasteiger partial charge in [-0.15, -0.1) is 0 Å². The predicted octanol–water partition coefficient (Wildman–Crippen LogP) is 5.13. The highest BCUT2D eigenvalue weighted by Gasteiger charge is 2.19. The highest BCUT2D eigenvalue weighted by atomic mass is 35.5. The van der Waals surface area contributed by atoms with Crippen molar-refractivity contribution in [2.75, 3.05) is 0 Å². The van der Waals surface area contributed by atoms with Gasteiger partial charge in [-0.25, -0.2) is 13.8 Å². The van der Waals surface area contributed by atoms with Crippen molar-refractivity contribution < 1.29 is 13.2 Å². The average molecular weight is 313 g/mol.